The van der Waals surface area contributed by atoms with Crippen molar-refractivity contribution in [3.63, 3.8) is 0 Å². The van der Waals surface area contributed by atoms with Gasteiger partial charge in [0, 0.05) is 41.6 Å². The molecule has 2 fully saturated rings. The maximum atomic E-state index is 13.6. The molecule has 2 heterocycles. The second-order valence-corrected chi connectivity index (χ2v) is 12.9. The standard InChI is InChI=1S/C31H28N4O10S/c1-18(36)32(24-6-4-5-21(15-24)29(38)44-16-19-7-11-22(12-8-19)34(40)41)25-27(37)33-26(31(2,3)46-28(25)33)30(39)45-17-20-9-13-23(14-10-20)35(42)43/h4-15,25-26,28H,16-17H2,1-3H3. The Morgan fingerprint density at radius 3 is 1.96 bits per heavy atom. The third-order valence-electron chi connectivity index (χ3n) is 7.66. The lowest BCUT2D eigenvalue weighted by molar-refractivity contribution is -0.385. The van der Waals surface area contributed by atoms with Crippen molar-refractivity contribution in [3.8, 4) is 0 Å². The molecule has 3 aromatic rings. The third kappa shape index (κ3) is 6.26. The zero-order chi connectivity index (χ0) is 33.3. The minimum absolute atomic E-state index is 0.0921. The highest BCUT2D eigenvalue weighted by atomic mass is 32.2. The number of β-lactam (4-membered cyclic amide) rings is 1. The van der Waals surface area contributed by atoms with Gasteiger partial charge in [0.15, 0.2) is 0 Å². The predicted molar refractivity (Wildman–Crippen MR) is 165 cm³/mol. The number of thioether (sulfide) groups is 1. The van der Waals surface area contributed by atoms with E-state index in [0.29, 0.717) is 11.1 Å². The number of non-ortho nitro benzene ring substituents is 2. The van der Waals surface area contributed by atoms with E-state index in [9.17, 15) is 39.4 Å². The summed E-state index contributed by atoms with van der Waals surface area (Å²) in [6.45, 7) is 4.63. The van der Waals surface area contributed by atoms with Crippen LogP contribution in [0.4, 0.5) is 17.1 Å². The first-order valence-corrected chi connectivity index (χ1v) is 14.9. The first kappa shape index (κ1) is 32.1. The van der Waals surface area contributed by atoms with E-state index in [0.717, 1.165) is 0 Å². The van der Waals surface area contributed by atoms with Crippen LogP contribution in [0.3, 0.4) is 0 Å². The molecule has 0 bridgehead atoms. The number of rotatable bonds is 10. The SMILES string of the molecule is CC(=O)N(c1cccc(C(=O)OCc2ccc([N+](=O)[O-])cc2)c1)C1C(=O)N2C1SC(C)(C)C2C(=O)OCc1ccc([N+](=O)[O-])cc1. The number of nitrogens with zero attached hydrogens (tertiary/aromatic N) is 4. The Balaban J connectivity index is 1.28. The number of esters is 2. The molecule has 15 heteroatoms. The average molecular weight is 649 g/mol. The van der Waals surface area contributed by atoms with Crippen LogP contribution in [0.25, 0.3) is 0 Å². The predicted octanol–water partition coefficient (Wildman–Crippen LogP) is 4.39. The maximum absolute atomic E-state index is 13.6. The van der Waals surface area contributed by atoms with Crippen LogP contribution in [0, 0.1) is 20.2 Å². The molecule has 46 heavy (non-hydrogen) atoms. The summed E-state index contributed by atoms with van der Waals surface area (Å²) in [5, 5.41) is 21.2. The van der Waals surface area contributed by atoms with Gasteiger partial charge in [-0.15, -0.1) is 11.8 Å². The summed E-state index contributed by atoms with van der Waals surface area (Å²) in [7, 11) is 0. The molecular formula is C31H28N4O10S. The molecule has 0 radical (unpaired) electrons. The summed E-state index contributed by atoms with van der Waals surface area (Å²) in [5.74, 6) is -2.24. The largest absolute Gasteiger partial charge is 0.459 e. The van der Waals surface area contributed by atoms with E-state index < -0.39 is 55.8 Å². The number of fused-ring (bicyclic) bond motifs is 1. The molecule has 0 spiro atoms. The van der Waals surface area contributed by atoms with Gasteiger partial charge in [0.1, 0.15) is 30.7 Å². The molecule has 14 nitrogen and oxygen atoms in total. The highest BCUT2D eigenvalue weighted by Crippen LogP contribution is 2.53. The fraction of sp³-hybridized carbons (Fsp3) is 0.290. The fourth-order valence-electron chi connectivity index (χ4n) is 5.43. The Morgan fingerprint density at radius 1 is 0.891 bits per heavy atom. The average Bonchev–Trinajstić information content (AvgIpc) is 3.28. The molecule has 2 saturated heterocycles. The van der Waals surface area contributed by atoms with E-state index in [1.165, 1.54) is 89.1 Å². The van der Waals surface area contributed by atoms with E-state index in [-0.39, 0.29) is 35.8 Å². The number of hydrogen-bond acceptors (Lipinski definition) is 11. The normalized spacial score (nSPS) is 19.4. The molecule has 2 aliphatic rings. The lowest BCUT2D eigenvalue weighted by atomic mass is 9.94. The van der Waals surface area contributed by atoms with Crippen LogP contribution in [0.5, 0.6) is 0 Å². The molecule has 0 aliphatic carbocycles. The van der Waals surface area contributed by atoms with Gasteiger partial charge < -0.3 is 14.4 Å². The molecule has 3 aromatic carbocycles. The number of anilines is 1. The molecular weight excluding hydrogens is 620 g/mol. The van der Waals surface area contributed by atoms with Gasteiger partial charge in [-0.2, -0.15) is 0 Å². The lowest BCUT2D eigenvalue weighted by Gasteiger charge is -2.48. The van der Waals surface area contributed by atoms with E-state index >= 15 is 0 Å². The second-order valence-electron chi connectivity index (χ2n) is 11.2. The number of ether oxygens (including phenoxy) is 2. The van der Waals surface area contributed by atoms with Gasteiger partial charge in [0.2, 0.25) is 5.91 Å². The van der Waals surface area contributed by atoms with E-state index in [4.69, 9.17) is 9.47 Å². The molecule has 2 aliphatic heterocycles. The Bertz CT molecular complexity index is 1730. The first-order valence-electron chi connectivity index (χ1n) is 14.0. The molecule has 0 aromatic heterocycles. The van der Waals surface area contributed by atoms with Crippen molar-refractivity contribution in [2.45, 2.75) is 56.2 Å². The number of nitro groups is 2. The highest BCUT2D eigenvalue weighted by molar-refractivity contribution is 8.01. The van der Waals surface area contributed by atoms with Crippen LogP contribution in [-0.4, -0.2) is 60.7 Å². The highest BCUT2D eigenvalue weighted by Gasteiger charge is 2.66. The van der Waals surface area contributed by atoms with Crippen molar-refractivity contribution in [1.82, 2.24) is 4.90 Å². The van der Waals surface area contributed by atoms with Gasteiger partial charge in [0.05, 0.1) is 15.4 Å². The number of benzene rings is 3. The van der Waals surface area contributed by atoms with Crippen LogP contribution < -0.4 is 4.90 Å². The van der Waals surface area contributed by atoms with Crippen molar-refractivity contribution >= 4 is 52.6 Å². The number of hydrogen-bond donors (Lipinski definition) is 0. The summed E-state index contributed by atoms with van der Waals surface area (Å²) >= 11 is 1.35. The topological polar surface area (TPSA) is 179 Å². The van der Waals surface area contributed by atoms with Crippen molar-refractivity contribution in [1.29, 1.82) is 0 Å². The van der Waals surface area contributed by atoms with Gasteiger partial charge in [0.25, 0.3) is 17.3 Å². The third-order valence-corrected chi connectivity index (χ3v) is 9.22. The van der Waals surface area contributed by atoms with E-state index in [1.54, 1.807) is 26.0 Å². The van der Waals surface area contributed by atoms with Gasteiger partial charge in [-0.25, -0.2) is 9.59 Å². The first-order chi connectivity index (χ1) is 21.8. The van der Waals surface area contributed by atoms with E-state index in [1.807, 2.05) is 0 Å². The van der Waals surface area contributed by atoms with Crippen molar-refractivity contribution in [3.05, 3.63) is 110 Å². The lowest BCUT2D eigenvalue weighted by Crippen LogP contribution is -2.71. The van der Waals surface area contributed by atoms with Gasteiger partial charge in [-0.05, 0) is 67.4 Å². The van der Waals surface area contributed by atoms with E-state index in [2.05, 4.69) is 0 Å². The van der Waals surface area contributed by atoms with Crippen LogP contribution in [0.15, 0.2) is 72.8 Å². The summed E-state index contributed by atoms with van der Waals surface area (Å²) in [5.41, 5.74) is 1.32. The zero-order valence-corrected chi connectivity index (χ0v) is 25.7. The van der Waals surface area contributed by atoms with Crippen molar-refractivity contribution in [2.24, 2.45) is 0 Å². The van der Waals surface area contributed by atoms with Crippen LogP contribution in [-0.2, 0) is 37.1 Å². The van der Waals surface area contributed by atoms with Crippen LogP contribution >= 0.6 is 11.8 Å². The molecule has 2 amide bonds. The van der Waals surface area contributed by atoms with Gasteiger partial charge in [-0.3, -0.25) is 34.7 Å². The van der Waals surface area contributed by atoms with Gasteiger partial charge >= 0.3 is 11.9 Å². The summed E-state index contributed by atoms with van der Waals surface area (Å²) < 4.78 is 10.1. The summed E-state index contributed by atoms with van der Waals surface area (Å²) in [6.07, 6.45) is 0. The van der Waals surface area contributed by atoms with Crippen molar-refractivity contribution < 1.29 is 38.5 Å². The second kappa shape index (κ2) is 12.6. The number of carbonyl (C=O) groups is 4. The monoisotopic (exact) mass is 648 g/mol. The van der Waals surface area contributed by atoms with Crippen LogP contribution in [0.1, 0.15) is 42.3 Å². The number of nitro benzene ring substituents is 2. The molecule has 5 rings (SSSR count). The summed E-state index contributed by atoms with van der Waals surface area (Å²) in [6, 6.07) is 15.3. The molecule has 0 N–H and O–H groups in total. The number of carbonyl (C=O) groups excluding carboxylic acids is 4. The Hall–Kier alpha value is -5.31. The Kier molecular flexibility index (Phi) is 8.79. The zero-order valence-electron chi connectivity index (χ0n) is 24.9. The molecule has 238 valence electrons. The summed E-state index contributed by atoms with van der Waals surface area (Å²) in [4.78, 5) is 76.0. The number of amides is 2. The van der Waals surface area contributed by atoms with Crippen molar-refractivity contribution in [2.75, 3.05) is 4.90 Å². The van der Waals surface area contributed by atoms with Crippen LogP contribution in [0.2, 0.25) is 0 Å². The minimum atomic E-state index is -0.946. The molecule has 3 atom stereocenters. The minimum Gasteiger partial charge on any atom is -0.459 e. The Labute approximate surface area is 266 Å². The quantitative estimate of drug-likeness (QED) is 0.132. The maximum Gasteiger partial charge on any atom is 0.338 e. The Morgan fingerprint density at radius 2 is 1.43 bits per heavy atom. The molecule has 3 unspecified atom stereocenters. The smallest absolute Gasteiger partial charge is 0.338 e. The van der Waals surface area contributed by atoms with Gasteiger partial charge in [-0.1, -0.05) is 6.07 Å². The fourth-order valence-corrected chi connectivity index (χ4v) is 7.09. The molecule has 0 saturated carbocycles.